The van der Waals surface area contributed by atoms with Gasteiger partial charge in [-0.15, -0.1) is 11.3 Å². The van der Waals surface area contributed by atoms with Crippen LogP contribution < -0.4 is 5.32 Å². The van der Waals surface area contributed by atoms with Crippen molar-refractivity contribution in [1.82, 2.24) is 15.2 Å². The van der Waals surface area contributed by atoms with Gasteiger partial charge < -0.3 is 20.1 Å². The standard InChI is InChI=1S/C13H19N3O2S.C2HF3O2/c1-9-15-10(8-19-9)7-16-4-5-18-12-6-14-3-2-11(12)13(16)17;3-2(4,5)1(6)7/h8,11-12,14H,2-7H2,1H3;(H,6,7)/t11-,12+;/m1./s1. The monoisotopic (exact) mass is 395 g/mol. The molecule has 0 radical (unpaired) electrons. The number of piperidine rings is 1. The largest absolute Gasteiger partial charge is 0.490 e. The quantitative estimate of drug-likeness (QED) is 0.787. The molecule has 1 amide bonds. The van der Waals surface area contributed by atoms with Gasteiger partial charge in [-0.3, -0.25) is 4.79 Å². The maximum Gasteiger partial charge on any atom is 0.490 e. The third-order valence-corrected chi connectivity index (χ3v) is 4.83. The van der Waals surface area contributed by atoms with Crippen molar-refractivity contribution in [3.05, 3.63) is 16.1 Å². The van der Waals surface area contributed by atoms with Gasteiger partial charge in [-0.25, -0.2) is 9.78 Å². The number of alkyl halides is 3. The van der Waals surface area contributed by atoms with Gasteiger partial charge >= 0.3 is 12.1 Å². The van der Waals surface area contributed by atoms with Gasteiger partial charge in [0.05, 0.1) is 35.9 Å². The van der Waals surface area contributed by atoms with E-state index in [1.807, 2.05) is 17.2 Å². The van der Waals surface area contributed by atoms with Crippen molar-refractivity contribution in [3.8, 4) is 0 Å². The second-order valence-electron chi connectivity index (χ2n) is 5.93. The summed E-state index contributed by atoms with van der Waals surface area (Å²) in [5, 5.41) is 13.5. The number of aliphatic carboxylic acids is 1. The van der Waals surface area contributed by atoms with Crippen LogP contribution in [-0.4, -0.2) is 65.4 Å². The summed E-state index contributed by atoms with van der Waals surface area (Å²) < 4.78 is 37.5. The van der Waals surface area contributed by atoms with Gasteiger partial charge in [0.15, 0.2) is 0 Å². The topological polar surface area (TPSA) is 91.8 Å². The van der Waals surface area contributed by atoms with Crippen LogP contribution in [0.1, 0.15) is 17.1 Å². The number of fused-ring (bicyclic) bond motifs is 1. The van der Waals surface area contributed by atoms with Gasteiger partial charge in [-0.2, -0.15) is 13.2 Å². The zero-order valence-corrected chi connectivity index (χ0v) is 14.9. The number of aromatic nitrogens is 1. The second kappa shape index (κ2) is 8.78. The third kappa shape index (κ3) is 5.64. The Hall–Kier alpha value is -1.72. The molecule has 1 aromatic heterocycles. The molecule has 7 nitrogen and oxygen atoms in total. The number of ether oxygens (including phenoxy) is 1. The number of carbonyl (C=O) groups excluding carboxylic acids is 1. The molecule has 2 fully saturated rings. The number of halogens is 3. The van der Waals surface area contributed by atoms with Gasteiger partial charge in [0, 0.05) is 18.5 Å². The highest BCUT2D eigenvalue weighted by molar-refractivity contribution is 7.09. The summed E-state index contributed by atoms with van der Waals surface area (Å²) in [5.41, 5.74) is 0.989. The predicted octanol–water partition coefficient (Wildman–Crippen LogP) is 1.42. The van der Waals surface area contributed by atoms with Crippen LogP contribution >= 0.6 is 11.3 Å². The number of hydrogen-bond acceptors (Lipinski definition) is 6. The SMILES string of the molecule is Cc1nc(CN2CCO[C@H]3CNCC[C@H]3C2=O)cs1.O=C(O)C(F)(F)F. The number of thiazole rings is 1. The highest BCUT2D eigenvalue weighted by Gasteiger charge is 2.38. The van der Waals surface area contributed by atoms with Crippen LogP contribution in [0.2, 0.25) is 0 Å². The maximum absolute atomic E-state index is 12.6. The lowest BCUT2D eigenvalue weighted by Crippen LogP contribution is -2.47. The predicted molar refractivity (Wildman–Crippen MR) is 86.7 cm³/mol. The lowest BCUT2D eigenvalue weighted by Gasteiger charge is -2.30. The fraction of sp³-hybridized carbons (Fsp3) is 0.667. The fourth-order valence-electron chi connectivity index (χ4n) is 2.78. The first-order valence-corrected chi connectivity index (χ1v) is 8.88. The molecular weight excluding hydrogens is 375 g/mol. The lowest BCUT2D eigenvalue weighted by molar-refractivity contribution is -0.192. The molecule has 3 rings (SSSR count). The Bertz CT molecular complexity index is 638. The highest BCUT2D eigenvalue weighted by Crippen LogP contribution is 2.23. The Morgan fingerprint density at radius 1 is 1.54 bits per heavy atom. The molecule has 0 aromatic carbocycles. The minimum atomic E-state index is -5.08. The average Bonchev–Trinajstić information content (AvgIpc) is 2.91. The molecule has 2 atom stereocenters. The molecule has 0 spiro atoms. The van der Waals surface area contributed by atoms with Crippen molar-refractivity contribution >= 4 is 23.2 Å². The van der Waals surface area contributed by atoms with Crippen LogP contribution in [-0.2, 0) is 20.9 Å². The van der Waals surface area contributed by atoms with E-state index in [4.69, 9.17) is 14.6 Å². The van der Waals surface area contributed by atoms with Crippen molar-refractivity contribution in [3.63, 3.8) is 0 Å². The molecule has 146 valence electrons. The van der Waals surface area contributed by atoms with Gasteiger partial charge in [0.25, 0.3) is 0 Å². The second-order valence-corrected chi connectivity index (χ2v) is 6.99. The van der Waals surface area contributed by atoms with E-state index in [1.165, 1.54) is 0 Å². The van der Waals surface area contributed by atoms with Crippen molar-refractivity contribution in [2.75, 3.05) is 26.2 Å². The fourth-order valence-corrected chi connectivity index (χ4v) is 3.38. The molecule has 1 aromatic rings. The number of aryl methyl sites for hydroxylation is 1. The van der Waals surface area contributed by atoms with Crippen LogP contribution in [0.5, 0.6) is 0 Å². The van der Waals surface area contributed by atoms with Gasteiger partial charge in [0.2, 0.25) is 5.91 Å². The van der Waals surface area contributed by atoms with E-state index in [9.17, 15) is 18.0 Å². The number of rotatable bonds is 2. The molecule has 3 heterocycles. The summed E-state index contributed by atoms with van der Waals surface area (Å²) in [6.07, 6.45) is -4.17. The Morgan fingerprint density at radius 2 is 2.23 bits per heavy atom. The Balaban J connectivity index is 0.000000298. The third-order valence-electron chi connectivity index (χ3n) is 4.01. The van der Waals surface area contributed by atoms with Crippen LogP contribution in [0.15, 0.2) is 5.38 Å². The number of amides is 1. The van der Waals surface area contributed by atoms with Crippen LogP contribution in [0.3, 0.4) is 0 Å². The summed E-state index contributed by atoms with van der Waals surface area (Å²) in [5.74, 6) is -2.51. The molecule has 0 bridgehead atoms. The van der Waals surface area contributed by atoms with Crippen molar-refractivity contribution in [2.45, 2.75) is 32.2 Å². The molecule has 2 aliphatic heterocycles. The number of carboxylic acid groups (broad SMARTS) is 1. The number of hydrogen-bond donors (Lipinski definition) is 2. The summed E-state index contributed by atoms with van der Waals surface area (Å²) >= 11 is 1.63. The summed E-state index contributed by atoms with van der Waals surface area (Å²) in [6, 6.07) is 0. The first-order valence-electron chi connectivity index (χ1n) is 8.00. The van der Waals surface area contributed by atoms with E-state index in [0.717, 1.165) is 30.2 Å². The first kappa shape index (κ1) is 20.6. The van der Waals surface area contributed by atoms with Gasteiger partial charge in [-0.05, 0) is 19.9 Å². The molecule has 26 heavy (non-hydrogen) atoms. The number of nitrogens with zero attached hydrogens (tertiary/aromatic N) is 2. The minimum Gasteiger partial charge on any atom is -0.475 e. The molecule has 0 aliphatic carbocycles. The molecular formula is C15H20F3N3O4S. The molecule has 0 saturated carbocycles. The van der Waals surface area contributed by atoms with Gasteiger partial charge in [0.1, 0.15) is 0 Å². The lowest BCUT2D eigenvalue weighted by atomic mass is 9.93. The van der Waals surface area contributed by atoms with Gasteiger partial charge in [-0.1, -0.05) is 0 Å². The zero-order valence-electron chi connectivity index (χ0n) is 14.1. The van der Waals surface area contributed by atoms with E-state index in [2.05, 4.69) is 10.3 Å². The van der Waals surface area contributed by atoms with Crippen LogP contribution in [0.4, 0.5) is 13.2 Å². The smallest absolute Gasteiger partial charge is 0.475 e. The van der Waals surface area contributed by atoms with E-state index < -0.39 is 12.1 Å². The van der Waals surface area contributed by atoms with Crippen LogP contribution in [0, 0.1) is 12.8 Å². The Labute approximate surface area is 152 Å². The van der Waals surface area contributed by atoms with Crippen molar-refractivity contribution in [2.24, 2.45) is 5.92 Å². The maximum atomic E-state index is 12.6. The number of carbonyl (C=O) groups is 2. The molecule has 2 aliphatic rings. The Kier molecular flexibility index (Phi) is 6.95. The zero-order chi connectivity index (χ0) is 19.3. The molecule has 0 unspecified atom stereocenters. The summed E-state index contributed by atoms with van der Waals surface area (Å²) in [6.45, 7) is 5.59. The van der Waals surface area contributed by atoms with E-state index in [-0.39, 0.29) is 17.9 Å². The Morgan fingerprint density at radius 3 is 2.81 bits per heavy atom. The van der Waals surface area contributed by atoms with Crippen molar-refractivity contribution in [1.29, 1.82) is 0 Å². The van der Waals surface area contributed by atoms with E-state index >= 15 is 0 Å². The minimum absolute atomic E-state index is 0.0171. The highest BCUT2D eigenvalue weighted by atomic mass is 32.1. The number of nitrogens with one attached hydrogen (secondary N) is 1. The first-order chi connectivity index (χ1) is 12.2. The normalized spacial score (nSPS) is 23.5. The molecule has 2 N–H and O–H groups in total. The average molecular weight is 395 g/mol. The molecule has 11 heteroatoms. The van der Waals surface area contributed by atoms with E-state index in [0.29, 0.717) is 19.7 Å². The summed E-state index contributed by atoms with van der Waals surface area (Å²) in [7, 11) is 0. The molecule has 2 saturated heterocycles. The van der Waals surface area contributed by atoms with Crippen LogP contribution in [0.25, 0.3) is 0 Å². The number of carboxylic acids is 1. The summed E-state index contributed by atoms with van der Waals surface area (Å²) in [4.78, 5) is 27.8. The van der Waals surface area contributed by atoms with Crippen molar-refractivity contribution < 1.29 is 32.6 Å². The van der Waals surface area contributed by atoms with E-state index in [1.54, 1.807) is 11.3 Å².